The lowest BCUT2D eigenvalue weighted by Crippen LogP contribution is -1.92. The molecule has 0 saturated carbocycles. The second-order valence-electron chi connectivity index (χ2n) is 3.49. The standard InChI is InChI=1S/C13H11NO2/c1-2-3-13(16)11-7-14-12-5-4-9(8-15)6-10(11)12/h2-8,14H,1H3/b3-2+. The number of H-pyrrole nitrogens is 1. The fraction of sp³-hybridized carbons (Fsp3) is 0.0769. The molecule has 0 atom stereocenters. The number of fused-ring (bicyclic) bond motifs is 1. The zero-order chi connectivity index (χ0) is 11.5. The lowest BCUT2D eigenvalue weighted by atomic mass is 10.1. The van der Waals surface area contributed by atoms with E-state index in [1.54, 1.807) is 37.4 Å². The summed E-state index contributed by atoms with van der Waals surface area (Å²) < 4.78 is 0. The van der Waals surface area contributed by atoms with E-state index in [1.165, 1.54) is 6.08 Å². The maximum atomic E-state index is 11.7. The van der Waals surface area contributed by atoms with E-state index < -0.39 is 0 Å². The minimum absolute atomic E-state index is 0.0585. The number of hydrogen-bond acceptors (Lipinski definition) is 2. The molecule has 0 fully saturated rings. The Morgan fingerprint density at radius 1 is 1.38 bits per heavy atom. The Labute approximate surface area is 92.8 Å². The third kappa shape index (κ3) is 1.67. The van der Waals surface area contributed by atoms with Crippen molar-refractivity contribution in [2.75, 3.05) is 0 Å². The molecular weight excluding hydrogens is 202 g/mol. The highest BCUT2D eigenvalue weighted by Crippen LogP contribution is 2.20. The monoisotopic (exact) mass is 213 g/mol. The third-order valence-electron chi connectivity index (χ3n) is 2.43. The van der Waals surface area contributed by atoms with Crippen LogP contribution in [-0.2, 0) is 0 Å². The van der Waals surface area contributed by atoms with Crippen molar-refractivity contribution in [3.05, 3.63) is 47.7 Å². The van der Waals surface area contributed by atoms with Gasteiger partial charge in [0.2, 0.25) is 0 Å². The average molecular weight is 213 g/mol. The molecule has 1 aromatic carbocycles. The SMILES string of the molecule is C/C=C/C(=O)c1c[nH]c2ccc(C=O)cc12. The summed E-state index contributed by atoms with van der Waals surface area (Å²) in [5.41, 5.74) is 2.02. The average Bonchev–Trinajstić information content (AvgIpc) is 2.71. The molecule has 0 saturated heterocycles. The molecule has 0 radical (unpaired) electrons. The van der Waals surface area contributed by atoms with Gasteiger partial charge in [-0.25, -0.2) is 0 Å². The van der Waals surface area contributed by atoms with E-state index in [0.717, 1.165) is 17.2 Å². The summed E-state index contributed by atoms with van der Waals surface area (Å²) in [4.78, 5) is 25.4. The number of aromatic nitrogens is 1. The number of nitrogens with one attached hydrogen (secondary N) is 1. The van der Waals surface area contributed by atoms with Crippen LogP contribution in [0.3, 0.4) is 0 Å². The predicted molar refractivity (Wildman–Crippen MR) is 62.8 cm³/mol. The smallest absolute Gasteiger partial charge is 0.187 e. The molecule has 0 aliphatic carbocycles. The minimum Gasteiger partial charge on any atom is -0.360 e. The highest BCUT2D eigenvalue weighted by Gasteiger charge is 2.09. The van der Waals surface area contributed by atoms with Crippen LogP contribution in [0, 0.1) is 0 Å². The Kier molecular flexibility index (Phi) is 2.68. The fourth-order valence-electron chi connectivity index (χ4n) is 1.66. The molecule has 3 heteroatoms. The summed E-state index contributed by atoms with van der Waals surface area (Å²) in [5.74, 6) is -0.0585. The maximum absolute atomic E-state index is 11.7. The quantitative estimate of drug-likeness (QED) is 0.484. The molecule has 0 aliphatic heterocycles. The minimum atomic E-state index is -0.0585. The Balaban J connectivity index is 2.62. The Morgan fingerprint density at radius 2 is 2.19 bits per heavy atom. The zero-order valence-corrected chi connectivity index (χ0v) is 8.86. The van der Waals surface area contributed by atoms with Crippen molar-refractivity contribution in [2.45, 2.75) is 6.92 Å². The second kappa shape index (κ2) is 4.14. The number of hydrogen-bond donors (Lipinski definition) is 1. The van der Waals surface area contributed by atoms with E-state index in [-0.39, 0.29) is 5.78 Å². The Hall–Kier alpha value is -2.16. The van der Waals surface area contributed by atoms with Gasteiger partial charge >= 0.3 is 0 Å². The van der Waals surface area contributed by atoms with Gasteiger partial charge in [-0.3, -0.25) is 9.59 Å². The number of benzene rings is 1. The van der Waals surface area contributed by atoms with E-state index in [4.69, 9.17) is 0 Å². The normalized spacial score (nSPS) is 11.1. The molecule has 80 valence electrons. The van der Waals surface area contributed by atoms with Gasteiger partial charge in [-0.15, -0.1) is 0 Å². The van der Waals surface area contributed by atoms with E-state index in [1.807, 2.05) is 0 Å². The van der Waals surface area contributed by atoms with Gasteiger partial charge in [-0.1, -0.05) is 6.08 Å². The Morgan fingerprint density at radius 3 is 2.88 bits per heavy atom. The number of ketones is 1. The van der Waals surface area contributed by atoms with Crippen molar-refractivity contribution in [2.24, 2.45) is 0 Å². The van der Waals surface area contributed by atoms with Crippen LogP contribution >= 0.6 is 0 Å². The highest BCUT2D eigenvalue weighted by atomic mass is 16.1. The van der Waals surface area contributed by atoms with Gasteiger partial charge in [-0.2, -0.15) is 0 Å². The van der Waals surface area contributed by atoms with Gasteiger partial charge in [0.25, 0.3) is 0 Å². The molecule has 1 N–H and O–H groups in total. The van der Waals surface area contributed by atoms with Crippen molar-refractivity contribution in [1.29, 1.82) is 0 Å². The lowest BCUT2D eigenvalue weighted by Gasteiger charge is -1.95. The summed E-state index contributed by atoms with van der Waals surface area (Å²) in [6.45, 7) is 1.80. The van der Waals surface area contributed by atoms with Gasteiger partial charge in [0.05, 0.1) is 0 Å². The predicted octanol–water partition coefficient (Wildman–Crippen LogP) is 2.74. The molecule has 3 nitrogen and oxygen atoms in total. The van der Waals surface area contributed by atoms with Crippen LogP contribution in [0.15, 0.2) is 36.5 Å². The van der Waals surface area contributed by atoms with Crippen LogP contribution in [0.1, 0.15) is 27.6 Å². The molecule has 16 heavy (non-hydrogen) atoms. The van der Waals surface area contributed by atoms with Crippen LogP contribution in [0.4, 0.5) is 0 Å². The third-order valence-corrected chi connectivity index (χ3v) is 2.43. The highest BCUT2D eigenvalue weighted by molar-refractivity contribution is 6.13. The van der Waals surface area contributed by atoms with Crippen LogP contribution in [0.25, 0.3) is 10.9 Å². The van der Waals surface area contributed by atoms with Gasteiger partial charge < -0.3 is 4.98 Å². The molecule has 2 aromatic rings. The first kappa shape index (κ1) is 10.4. The van der Waals surface area contributed by atoms with Crippen LogP contribution in [0.5, 0.6) is 0 Å². The summed E-state index contributed by atoms with van der Waals surface area (Å²) in [7, 11) is 0. The van der Waals surface area contributed by atoms with E-state index >= 15 is 0 Å². The molecule has 0 bridgehead atoms. The summed E-state index contributed by atoms with van der Waals surface area (Å²) in [6, 6.07) is 5.23. The number of carbonyl (C=O) groups excluding carboxylic acids is 2. The van der Waals surface area contributed by atoms with E-state index in [9.17, 15) is 9.59 Å². The molecule has 2 rings (SSSR count). The molecule has 1 heterocycles. The molecule has 1 aromatic heterocycles. The van der Waals surface area contributed by atoms with Gasteiger partial charge in [0.1, 0.15) is 6.29 Å². The van der Waals surface area contributed by atoms with Crippen LogP contribution in [0.2, 0.25) is 0 Å². The van der Waals surface area contributed by atoms with Gasteiger partial charge in [0.15, 0.2) is 5.78 Å². The topological polar surface area (TPSA) is 49.9 Å². The second-order valence-corrected chi connectivity index (χ2v) is 3.49. The first-order valence-electron chi connectivity index (χ1n) is 4.99. The number of aromatic amines is 1. The molecule has 0 unspecified atom stereocenters. The number of carbonyl (C=O) groups is 2. The maximum Gasteiger partial charge on any atom is 0.187 e. The van der Waals surface area contributed by atoms with E-state index in [0.29, 0.717) is 11.1 Å². The Bertz CT molecular complexity index is 579. The first-order valence-corrected chi connectivity index (χ1v) is 4.99. The molecule has 0 aliphatic rings. The van der Waals surface area contributed by atoms with Crippen molar-refractivity contribution < 1.29 is 9.59 Å². The van der Waals surface area contributed by atoms with Crippen molar-refractivity contribution in [3.8, 4) is 0 Å². The molecule has 0 amide bonds. The van der Waals surface area contributed by atoms with Crippen molar-refractivity contribution >= 4 is 23.0 Å². The van der Waals surface area contributed by atoms with Gasteiger partial charge in [0, 0.05) is 28.2 Å². The van der Waals surface area contributed by atoms with Crippen LogP contribution in [-0.4, -0.2) is 17.1 Å². The molecular formula is C13H11NO2. The van der Waals surface area contributed by atoms with Crippen molar-refractivity contribution in [3.63, 3.8) is 0 Å². The number of rotatable bonds is 3. The van der Waals surface area contributed by atoms with E-state index in [2.05, 4.69) is 4.98 Å². The summed E-state index contributed by atoms with van der Waals surface area (Å²) in [6.07, 6.45) is 5.65. The lowest BCUT2D eigenvalue weighted by molar-refractivity contribution is 0.104. The number of allylic oxidation sites excluding steroid dienone is 2. The summed E-state index contributed by atoms with van der Waals surface area (Å²) >= 11 is 0. The van der Waals surface area contributed by atoms with Crippen LogP contribution < -0.4 is 0 Å². The van der Waals surface area contributed by atoms with Gasteiger partial charge in [-0.05, 0) is 31.2 Å². The summed E-state index contributed by atoms with van der Waals surface area (Å²) in [5, 5.41) is 0.785. The largest absolute Gasteiger partial charge is 0.360 e. The zero-order valence-electron chi connectivity index (χ0n) is 8.86. The molecule has 0 spiro atoms. The fourth-order valence-corrected chi connectivity index (χ4v) is 1.66. The first-order chi connectivity index (χ1) is 7.76. The number of aldehydes is 1. The van der Waals surface area contributed by atoms with Crippen molar-refractivity contribution in [1.82, 2.24) is 4.98 Å².